The van der Waals surface area contributed by atoms with Crippen LogP contribution < -0.4 is 4.90 Å². The summed E-state index contributed by atoms with van der Waals surface area (Å²) in [5.74, 6) is -0.620. The third-order valence-corrected chi connectivity index (χ3v) is 3.56. The zero-order valence-electron chi connectivity index (χ0n) is 9.44. The number of halogens is 2. The monoisotopic (exact) mass is 290 g/mol. The van der Waals surface area contributed by atoms with E-state index >= 15 is 0 Å². The number of carboxylic acids is 1. The molecular formula is C11H12Cl2N2O3. The molecule has 1 aromatic heterocycles. The Labute approximate surface area is 114 Å². The maximum Gasteiger partial charge on any atom is 0.335 e. The summed E-state index contributed by atoms with van der Waals surface area (Å²) >= 11 is 11.8. The van der Waals surface area contributed by atoms with Crippen molar-refractivity contribution in [3.8, 4) is 0 Å². The average molecular weight is 291 g/mol. The quantitative estimate of drug-likeness (QED) is 0.869. The van der Waals surface area contributed by atoms with Gasteiger partial charge in [0, 0.05) is 32.1 Å². The van der Waals surface area contributed by atoms with Crippen molar-refractivity contribution >= 4 is 35.0 Å². The molecule has 0 aliphatic carbocycles. The lowest BCUT2D eigenvalue weighted by Gasteiger charge is -2.36. The molecule has 1 aliphatic heterocycles. The van der Waals surface area contributed by atoms with E-state index in [1.807, 2.05) is 4.90 Å². The van der Waals surface area contributed by atoms with Gasteiger partial charge in [0.05, 0.1) is 10.0 Å². The molecule has 18 heavy (non-hydrogen) atoms. The van der Waals surface area contributed by atoms with Crippen LogP contribution in [0.4, 0.5) is 5.82 Å². The van der Waals surface area contributed by atoms with Crippen LogP contribution in [0.1, 0.15) is 12.8 Å². The minimum absolute atomic E-state index is 0.142. The SMILES string of the molecule is O=C(O)C1(O)CCN(c2ncc(Cl)cc2Cl)CC1. The summed E-state index contributed by atoms with van der Waals surface area (Å²) in [6, 6.07) is 1.59. The van der Waals surface area contributed by atoms with Gasteiger partial charge in [0.25, 0.3) is 0 Å². The van der Waals surface area contributed by atoms with Crippen LogP contribution in [0.3, 0.4) is 0 Å². The fourth-order valence-electron chi connectivity index (χ4n) is 1.94. The Morgan fingerprint density at radius 2 is 2.00 bits per heavy atom. The Kier molecular flexibility index (Phi) is 3.66. The first-order valence-electron chi connectivity index (χ1n) is 5.44. The first kappa shape index (κ1) is 13.4. The summed E-state index contributed by atoms with van der Waals surface area (Å²) in [6.07, 6.45) is 1.77. The number of aliphatic hydroxyl groups is 1. The van der Waals surface area contributed by atoms with Crippen molar-refractivity contribution in [1.82, 2.24) is 4.98 Å². The van der Waals surface area contributed by atoms with Gasteiger partial charge in [0.2, 0.25) is 0 Å². The van der Waals surface area contributed by atoms with E-state index in [2.05, 4.69) is 4.98 Å². The molecule has 1 aromatic rings. The summed E-state index contributed by atoms with van der Waals surface area (Å²) in [5.41, 5.74) is -1.64. The van der Waals surface area contributed by atoms with Gasteiger partial charge >= 0.3 is 5.97 Å². The number of rotatable bonds is 2. The molecule has 2 N–H and O–H groups in total. The van der Waals surface area contributed by atoms with E-state index in [0.29, 0.717) is 29.0 Å². The van der Waals surface area contributed by atoms with Crippen LogP contribution in [0, 0.1) is 0 Å². The van der Waals surface area contributed by atoms with E-state index in [9.17, 15) is 9.90 Å². The van der Waals surface area contributed by atoms with E-state index in [1.54, 1.807) is 6.07 Å². The Hall–Kier alpha value is -1.04. The van der Waals surface area contributed by atoms with Gasteiger partial charge in [-0.1, -0.05) is 23.2 Å². The van der Waals surface area contributed by atoms with Gasteiger partial charge in [-0.3, -0.25) is 0 Å². The third-order valence-electron chi connectivity index (χ3n) is 3.08. The molecule has 1 aliphatic rings. The Morgan fingerprint density at radius 3 is 2.50 bits per heavy atom. The first-order valence-corrected chi connectivity index (χ1v) is 6.20. The molecule has 98 valence electrons. The van der Waals surface area contributed by atoms with Crippen LogP contribution >= 0.6 is 23.2 Å². The Balaban J connectivity index is 2.12. The minimum Gasteiger partial charge on any atom is -0.479 e. The molecule has 0 radical (unpaired) electrons. The molecule has 0 spiro atoms. The van der Waals surface area contributed by atoms with E-state index in [0.717, 1.165) is 0 Å². The Bertz CT molecular complexity index is 473. The molecule has 1 saturated heterocycles. The van der Waals surface area contributed by atoms with Gasteiger partial charge in [-0.05, 0) is 6.07 Å². The number of carboxylic acid groups (broad SMARTS) is 1. The molecule has 0 atom stereocenters. The van der Waals surface area contributed by atoms with Crippen LogP contribution in [0.2, 0.25) is 10.0 Å². The van der Waals surface area contributed by atoms with Crippen LogP contribution in [0.5, 0.6) is 0 Å². The predicted molar refractivity (Wildman–Crippen MR) is 68.3 cm³/mol. The first-order chi connectivity index (χ1) is 8.42. The molecule has 5 nitrogen and oxygen atoms in total. The molecule has 2 heterocycles. The predicted octanol–water partition coefficient (Wildman–Crippen LogP) is 1.80. The van der Waals surface area contributed by atoms with Gasteiger partial charge in [-0.25, -0.2) is 9.78 Å². The lowest BCUT2D eigenvalue weighted by atomic mass is 9.92. The van der Waals surface area contributed by atoms with Crippen molar-refractivity contribution in [3.05, 3.63) is 22.3 Å². The number of carbonyl (C=O) groups is 1. The number of hydrogen-bond acceptors (Lipinski definition) is 4. The van der Waals surface area contributed by atoms with Crippen LogP contribution in [-0.2, 0) is 4.79 Å². The highest BCUT2D eigenvalue weighted by Gasteiger charge is 2.39. The highest BCUT2D eigenvalue weighted by molar-refractivity contribution is 6.36. The third kappa shape index (κ3) is 2.53. The average Bonchev–Trinajstić information content (AvgIpc) is 2.31. The largest absolute Gasteiger partial charge is 0.479 e. The van der Waals surface area contributed by atoms with Gasteiger partial charge in [0.15, 0.2) is 5.60 Å². The maximum atomic E-state index is 10.9. The smallest absolute Gasteiger partial charge is 0.335 e. The Morgan fingerprint density at radius 1 is 1.39 bits per heavy atom. The van der Waals surface area contributed by atoms with E-state index in [4.69, 9.17) is 28.3 Å². The standard InChI is InChI=1S/C11H12Cl2N2O3/c12-7-5-8(13)9(14-6-7)15-3-1-11(18,2-4-15)10(16)17/h5-6,18H,1-4H2,(H,16,17). The van der Waals surface area contributed by atoms with Crippen molar-refractivity contribution in [2.45, 2.75) is 18.4 Å². The highest BCUT2D eigenvalue weighted by atomic mass is 35.5. The number of aliphatic carboxylic acids is 1. The second kappa shape index (κ2) is 4.91. The lowest BCUT2D eigenvalue weighted by molar-refractivity contribution is -0.160. The van der Waals surface area contributed by atoms with Gasteiger partial charge in [0.1, 0.15) is 5.82 Å². The van der Waals surface area contributed by atoms with E-state index in [-0.39, 0.29) is 12.8 Å². The number of piperidine rings is 1. The molecule has 0 amide bonds. The second-order valence-electron chi connectivity index (χ2n) is 4.28. The molecule has 0 bridgehead atoms. The number of aromatic nitrogens is 1. The van der Waals surface area contributed by atoms with Crippen molar-refractivity contribution < 1.29 is 15.0 Å². The van der Waals surface area contributed by atoms with Crippen LogP contribution in [0.15, 0.2) is 12.3 Å². The van der Waals surface area contributed by atoms with Crippen molar-refractivity contribution in [3.63, 3.8) is 0 Å². The van der Waals surface area contributed by atoms with Crippen molar-refractivity contribution in [2.24, 2.45) is 0 Å². The van der Waals surface area contributed by atoms with Gasteiger partial charge in [-0.15, -0.1) is 0 Å². The number of hydrogen-bond donors (Lipinski definition) is 2. The molecule has 7 heteroatoms. The van der Waals surface area contributed by atoms with Crippen LogP contribution in [-0.4, -0.2) is 39.9 Å². The fourth-order valence-corrected chi connectivity index (χ4v) is 2.44. The maximum absolute atomic E-state index is 10.9. The van der Waals surface area contributed by atoms with Crippen molar-refractivity contribution in [2.75, 3.05) is 18.0 Å². The topological polar surface area (TPSA) is 73.7 Å². The molecule has 0 saturated carbocycles. The summed E-state index contributed by atoms with van der Waals surface area (Å²) in [4.78, 5) is 16.9. The summed E-state index contributed by atoms with van der Waals surface area (Å²) in [6.45, 7) is 0.772. The fraction of sp³-hybridized carbons (Fsp3) is 0.455. The zero-order chi connectivity index (χ0) is 13.3. The summed E-state index contributed by atoms with van der Waals surface area (Å²) in [5, 5.41) is 19.6. The van der Waals surface area contributed by atoms with Gasteiger partial charge in [-0.2, -0.15) is 0 Å². The molecule has 1 fully saturated rings. The number of pyridine rings is 1. The summed E-state index contributed by atoms with van der Waals surface area (Å²) in [7, 11) is 0. The molecule has 2 rings (SSSR count). The zero-order valence-corrected chi connectivity index (χ0v) is 10.9. The number of anilines is 1. The van der Waals surface area contributed by atoms with Crippen molar-refractivity contribution in [1.29, 1.82) is 0 Å². The minimum atomic E-state index is -1.64. The molecular weight excluding hydrogens is 279 g/mol. The normalized spacial score (nSPS) is 18.7. The summed E-state index contributed by atoms with van der Waals surface area (Å²) < 4.78 is 0. The van der Waals surface area contributed by atoms with Gasteiger partial charge < -0.3 is 15.1 Å². The number of nitrogens with zero attached hydrogens (tertiary/aromatic N) is 2. The van der Waals surface area contributed by atoms with E-state index in [1.165, 1.54) is 6.20 Å². The van der Waals surface area contributed by atoms with E-state index < -0.39 is 11.6 Å². The van der Waals surface area contributed by atoms with Crippen LogP contribution in [0.25, 0.3) is 0 Å². The second-order valence-corrected chi connectivity index (χ2v) is 5.13. The highest BCUT2D eigenvalue weighted by Crippen LogP contribution is 2.30. The lowest BCUT2D eigenvalue weighted by Crippen LogP contribution is -2.49. The molecule has 0 aromatic carbocycles. The molecule has 0 unspecified atom stereocenters.